The molecule has 41 heavy (non-hydrogen) atoms. The molecule has 1 saturated heterocycles. The summed E-state index contributed by atoms with van der Waals surface area (Å²) >= 11 is 6.33. The van der Waals surface area contributed by atoms with Gasteiger partial charge in [-0.25, -0.2) is 4.68 Å². The number of halogens is 1. The van der Waals surface area contributed by atoms with Gasteiger partial charge in [-0.15, -0.1) is 0 Å². The number of rotatable bonds is 7. The predicted octanol–water partition coefficient (Wildman–Crippen LogP) is 6.75. The number of piperazine rings is 1. The zero-order valence-corrected chi connectivity index (χ0v) is 23.6. The van der Waals surface area contributed by atoms with Gasteiger partial charge in [0.1, 0.15) is 11.4 Å². The van der Waals surface area contributed by atoms with Crippen molar-refractivity contribution in [1.29, 1.82) is 0 Å². The smallest absolute Gasteiger partial charge is 0.272 e. The molecule has 1 fully saturated rings. The first-order chi connectivity index (χ1) is 20.1. The molecular formula is C34H31ClN4O2. The minimum Gasteiger partial charge on any atom is -0.497 e. The summed E-state index contributed by atoms with van der Waals surface area (Å²) in [7, 11) is 1.64. The number of amides is 1. The highest BCUT2D eigenvalue weighted by Crippen LogP contribution is 2.31. The molecule has 0 bridgehead atoms. The molecule has 5 aromatic rings. The van der Waals surface area contributed by atoms with Gasteiger partial charge in [0.2, 0.25) is 0 Å². The average Bonchev–Trinajstić information content (AvgIpc) is 3.48. The van der Waals surface area contributed by atoms with E-state index in [1.54, 1.807) is 11.8 Å². The van der Waals surface area contributed by atoms with Crippen LogP contribution in [0.1, 0.15) is 27.7 Å². The van der Waals surface area contributed by atoms with E-state index in [-0.39, 0.29) is 11.9 Å². The monoisotopic (exact) mass is 562 g/mol. The molecule has 1 aliphatic heterocycles. The minimum atomic E-state index is -0.0535. The van der Waals surface area contributed by atoms with Crippen LogP contribution in [0.3, 0.4) is 0 Å². The lowest BCUT2D eigenvalue weighted by molar-refractivity contribution is 0.0588. The van der Waals surface area contributed by atoms with Crippen molar-refractivity contribution in [2.45, 2.75) is 6.04 Å². The maximum Gasteiger partial charge on any atom is 0.272 e. The van der Waals surface area contributed by atoms with Gasteiger partial charge in [-0.05, 0) is 47.5 Å². The molecule has 1 amide bonds. The quantitative estimate of drug-likeness (QED) is 0.220. The van der Waals surface area contributed by atoms with Crippen molar-refractivity contribution in [2.24, 2.45) is 0 Å². The van der Waals surface area contributed by atoms with Crippen LogP contribution in [0.5, 0.6) is 5.75 Å². The summed E-state index contributed by atoms with van der Waals surface area (Å²) in [4.78, 5) is 18.4. The maximum atomic E-state index is 14.1. The first kappa shape index (κ1) is 26.8. The number of benzene rings is 4. The normalized spacial score (nSPS) is 13.9. The number of methoxy groups -OCH3 is 1. The number of carbonyl (C=O) groups excluding carboxylic acids is 1. The Morgan fingerprint density at radius 3 is 2.07 bits per heavy atom. The van der Waals surface area contributed by atoms with Crippen LogP contribution in [0.25, 0.3) is 16.9 Å². The molecule has 0 spiro atoms. The predicted molar refractivity (Wildman–Crippen MR) is 163 cm³/mol. The van der Waals surface area contributed by atoms with Crippen LogP contribution in [0.15, 0.2) is 115 Å². The number of aromatic nitrogens is 2. The number of nitrogens with zero attached hydrogens (tertiary/aromatic N) is 4. The van der Waals surface area contributed by atoms with Gasteiger partial charge in [-0.2, -0.15) is 5.10 Å². The van der Waals surface area contributed by atoms with Crippen molar-refractivity contribution in [3.05, 3.63) is 137 Å². The lowest BCUT2D eigenvalue weighted by Gasteiger charge is -2.39. The summed E-state index contributed by atoms with van der Waals surface area (Å²) in [6.07, 6.45) is 0. The molecule has 206 valence electrons. The second kappa shape index (κ2) is 12.0. The van der Waals surface area contributed by atoms with Crippen molar-refractivity contribution in [1.82, 2.24) is 19.6 Å². The highest BCUT2D eigenvalue weighted by Gasteiger charge is 2.30. The fourth-order valence-corrected chi connectivity index (χ4v) is 5.68. The van der Waals surface area contributed by atoms with Crippen LogP contribution in [-0.4, -0.2) is 58.8 Å². The molecular weight excluding hydrogens is 532 g/mol. The average molecular weight is 563 g/mol. The third-order valence-corrected chi connectivity index (χ3v) is 7.78. The third-order valence-electron chi connectivity index (χ3n) is 7.54. The molecule has 6 nitrogen and oxygen atoms in total. The summed E-state index contributed by atoms with van der Waals surface area (Å²) in [5, 5.41) is 5.43. The third kappa shape index (κ3) is 5.75. The van der Waals surface area contributed by atoms with Gasteiger partial charge in [0.25, 0.3) is 5.91 Å². The standard InChI is InChI=1S/C34H31ClN4O2/c1-41-30-17-8-14-27(22-30)31-24-32(39(36-31)29-16-9-15-28(35)23-29)34(40)38-20-18-37(19-21-38)33(25-10-4-2-5-11-25)26-12-6-3-7-13-26/h2-17,22-24,33H,18-21H2,1H3. The lowest BCUT2D eigenvalue weighted by atomic mass is 9.96. The first-order valence-electron chi connectivity index (χ1n) is 13.7. The van der Waals surface area contributed by atoms with E-state index >= 15 is 0 Å². The van der Waals surface area contributed by atoms with Crippen LogP contribution < -0.4 is 4.74 Å². The van der Waals surface area contributed by atoms with Crippen molar-refractivity contribution >= 4 is 17.5 Å². The molecule has 0 radical (unpaired) electrons. The minimum absolute atomic E-state index is 0.0535. The van der Waals surface area contributed by atoms with Gasteiger partial charge in [0.05, 0.1) is 24.5 Å². The molecule has 4 aromatic carbocycles. The van der Waals surface area contributed by atoms with E-state index in [0.717, 1.165) is 30.1 Å². The second-order valence-corrected chi connectivity index (χ2v) is 10.5. The van der Waals surface area contributed by atoms with Crippen LogP contribution >= 0.6 is 11.6 Å². The number of ether oxygens (including phenoxy) is 1. The van der Waals surface area contributed by atoms with Crippen LogP contribution in [0.4, 0.5) is 0 Å². The molecule has 6 rings (SSSR count). The van der Waals surface area contributed by atoms with E-state index < -0.39 is 0 Å². The molecule has 0 unspecified atom stereocenters. The molecule has 0 N–H and O–H groups in total. The highest BCUT2D eigenvalue weighted by atomic mass is 35.5. The molecule has 2 heterocycles. The zero-order valence-electron chi connectivity index (χ0n) is 22.9. The summed E-state index contributed by atoms with van der Waals surface area (Å²) in [5.41, 5.74) is 5.31. The van der Waals surface area contributed by atoms with Gasteiger partial charge in [-0.3, -0.25) is 9.69 Å². The number of carbonyl (C=O) groups is 1. The van der Waals surface area contributed by atoms with Gasteiger partial charge in [0.15, 0.2) is 0 Å². The van der Waals surface area contributed by atoms with Crippen LogP contribution in [0.2, 0.25) is 5.02 Å². The van der Waals surface area contributed by atoms with E-state index in [1.165, 1.54) is 11.1 Å². The topological polar surface area (TPSA) is 50.6 Å². The van der Waals surface area contributed by atoms with Gasteiger partial charge in [0, 0.05) is 36.8 Å². The van der Waals surface area contributed by atoms with E-state index in [1.807, 2.05) is 71.6 Å². The number of hydrogen-bond donors (Lipinski definition) is 0. The molecule has 7 heteroatoms. The fraction of sp³-hybridized carbons (Fsp3) is 0.176. The highest BCUT2D eigenvalue weighted by molar-refractivity contribution is 6.30. The Labute approximate surface area is 245 Å². The molecule has 1 aromatic heterocycles. The zero-order chi connectivity index (χ0) is 28.2. The van der Waals surface area contributed by atoms with Crippen LogP contribution in [-0.2, 0) is 0 Å². The van der Waals surface area contributed by atoms with Crippen molar-refractivity contribution in [3.63, 3.8) is 0 Å². The first-order valence-corrected chi connectivity index (χ1v) is 14.1. The Hall–Kier alpha value is -4.39. The van der Waals surface area contributed by atoms with Gasteiger partial charge in [-0.1, -0.05) is 90.5 Å². The largest absolute Gasteiger partial charge is 0.497 e. The van der Waals surface area contributed by atoms with Crippen molar-refractivity contribution in [2.75, 3.05) is 33.3 Å². The fourth-order valence-electron chi connectivity index (χ4n) is 5.49. The Bertz CT molecular complexity index is 1590. The molecule has 1 aliphatic rings. The number of hydrogen-bond acceptors (Lipinski definition) is 4. The second-order valence-electron chi connectivity index (χ2n) is 10.1. The molecule has 0 saturated carbocycles. The summed E-state index contributed by atoms with van der Waals surface area (Å²) in [5.74, 6) is 0.678. The van der Waals surface area contributed by atoms with Crippen LogP contribution in [0, 0.1) is 0 Å². The lowest BCUT2D eigenvalue weighted by Crippen LogP contribution is -2.50. The van der Waals surface area contributed by atoms with E-state index in [9.17, 15) is 4.79 Å². The maximum absolute atomic E-state index is 14.1. The Morgan fingerprint density at radius 1 is 0.780 bits per heavy atom. The molecule has 0 aliphatic carbocycles. The van der Waals surface area contributed by atoms with Gasteiger partial charge < -0.3 is 9.64 Å². The summed E-state index contributed by atoms with van der Waals surface area (Å²) in [6, 6.07) is 38.3. The molecule has 0 atom stereocenters. The SMILES string of the molecule is COc1cccc(-c2cc(C(=O)N3CCN(C(c4ccccc4)c4ccccc4)CC3)n(-c3cccc(Cl)c3)n2)c1. The van der Waals surface area contributed by atoms with Crippen molar-refractivity contribution in [3.8, 4) is 22.7 Å². The van der Waals surface area contributed by atoms with Crippen molar-refractivity contribution < 1.29 is 9.53 Å². The Kier molecular flexibility index (Phi) is 7.85. The van der Waals surface area contributed by atoms with E-state index in [0.29, 0.717) is 29.5 Å². The van der Waals surface area contributed by atoms with Gasteiger partial charge >= 0.3 is 0 Å². The summed E-state index contributed by atoms with van der Waals surface area (Å²) in [6.45, 7) is 2.75. The Balaban J connectivity index is 1.28. The Morgan fingerprint density at radius 2 is 1.44 bits per heavy atom. The summed E-state index contributed by atoms with van der Waals surface area (Å²) < 4.78 is 7.12. The van der Waals surface area contributed by atoms with E-state index in [2.05, 4.69) is 53.4 Å². The van der Waals surface area contributed by atoms with E-state index in [4.69, 9.17) is 21.4 Å².